The zero-order chi connectivity index (χ0) is 15.9. The number of rotatable bonds is 6. The van der Waals surface area contributed by atoms with Gasteiger partial charge in [-0.25, -0.2) is 0 Å². The van der Waals surface area contributed by atoms with Crippen LogP contribution in [-0.4, -0.2) is 31.4 Å². The van der Waals surface area contributed by atoms with Gasteiger partial charge in [-0.05, 0) is 50.0 Å². The Morgan fingerprint density at radius 2 is 2.05 bits per heavy atom. The Morgan fingerprint density at radius 1 is 1.32 bits per heavy atom. The monoisotopic (exact) mass is 318 g/mol. The Labute approximate surface area is 135 Å². The van der Waals surface area contributed by atoms with Gasteiger partial charge in [-0.1, -0.05) is 23.7 Å². The summed E-state index contributed by atoms with van der Waals surface area (Å²) in [6.45, 7) is 0.476. The second kappa shape index (κ2) is 7.82. The number of hydrogen-bond acceptors (Lipinski definition) is 3. The molecular weight excluding hydrogens is 300 g/mol. The summed E-state index contributed by atoms with van der Waals surface area (Å²) in [5.74, 6) is 0.681. The van der Waals surface area contributed by atoms with Crippen LogP contribution in [0.1, 0.15) is 17.4 Å². The molecule has 0 bridgehead atoms. The van der Waals surface area contributed by atoms with Crippen LogP contribution in [0.4, 0.5) is 0 Å². The maximum Gasteiger partial charge on any atom is 0.244 e. The average molecular weight is 319 g/mol. The van der Waals surface area contributed by atoms with E-state index in [0.29, 0.717) is 11.6 Å². The molecule has 2 aromatic rings. The summed E-state index contributed by atoms with van der Waals surface area (Å²) in [5.41, 5.74) is 0.926. The summed E-state index contributed by atoms with van der Waals surface area (Å²) < 4.78 is 5.41. The van der Waals surface area contributed by atoms with E-state index in [-0.39, 0.29) is 11.9 Å². The molecule has 1 aromatic heterocycles. The molecule has 0 aliphatic heterocycles. The van der Waals surface area contributed by atoms with Crippen molar-refractivity contribution in [2.45, 2.75) is 6.04 Å². The minimum absolute atomic E-state index is 0.00267. The number of nitrogens with one attached hydrogen (secondary N) is 1. The molecule has 1 amide bonds. The lowest BCUT2D eigenvalue weighted by Crippen LogP contribution is -2.33. The Bertz CT molecular complexity index is 619. The summed E-state index contributed by atoms with van der Waals surface area (Å²) in [4.78, 5) is 13.9. The van der Waals surface area contributed by atoms with Crippen molar-refractivity contribution >= 4 is 23.6 Å². The minimum atomic E-state index is -0.145. The summed E-state index contributed by atoms with van der Waals surface area (Å²) >= 11 is 5.82. The molecule has 0 fully saturated rings. The third-order valence-corrected chi connectivity index (χ3v) is 3.51. The van der Waals surface area contributed by atoms with E-state index in [1.165, 1.54) is 6.08 Å². The highest BCUT2D eigenvalue weighted by Gasteiger charge is 2.17. The summed E-state index contributed by atoms with van der Waals surface area (Å²) in [6, 6.07) is 11.0. The van der Waals surface area contributed by atoms with Crippen LogP contribution in [0.3, 0.4) is 0 Å². The molecule has 22 heavy (non-hydrogen) atoms. The van der Waals surface area contributed by atoms with Gasteiger partial charge in [0.25, 0.3) is 0 Å². The quantitative estimate of drug-likeness (QED) is 0.831. The van der Waals surface area contributed by atoms with Crippen LogP contribution in [0.5, 0.6) is 0 Å². The molecule has 116 valence electrons. The number of nitrogens with zero attached hydrogens (tertiary/aromatic N) is 1. The molecule has 1 heterocycles. The first-order valence-electron chi connectivity index (χ1n) is 6.97. The SMILES string of the molecule is CN(C)C(CNC(=O)/C=C/c1ccc(Cl)cc1)c1ccco1. The van der Waals surface area contributed by atoms with Crippen molar-refractivity contribution in [1.29, 1.82) is 0 Å². The molecule has 4 nitrogen and oxygen atoms in total. The van der Waals surface area contributed by atoms with Crippen LogP contribution in [-0.2, 0) is 4.79 Å². The van der Waals surface area contributed by atoms with Crippen LogP contribution in [0, 0.1) is 0 Å². The second-order valence-electron chi connectivity index (χ2n) is 5.12. The molecule has 1 atom stereocenters. The second-order valence-corrected chi connectivity index (χ2v) is 5.56. The highest BCUT2D eigenvalue weighted by atomic mass is 35.5. The number of carbonyl (C=O) groups excluding carboxylic acids is 1. The number of benzene rings is 1. The predicted molar refractivity (Wildman–Crippen MR) is 88.6 cm³/mol. The van der Waals surface area contributed by atoms with Gasteiger partial charge < -0.3 is 9.73 Å². The zero-order valence-corrected chi connectivity index (χ0v) is 13.4. The number of amides is 1. The number of carbonyl (C=O) groups is 1. The molecule has 1 N–H and O–H groups in total. The topological polar surface area (TPSA) is 45.5 Å². The van der Waals surface area contributed by atoms with E-state index in [4.69, 9.17) is 16.0 Å². The third-order valence-electron chi connectivity index (χ3n) is 3.26. The molecule has 0 radical (unpaired) electrons. The van der Waals surface area contributed by atoms with Crippen molar-refractivity contribution in [1.82, 2.24) is 10.2 Å². The minimum Gasteiger partial charge on any atom is -0.468 e. The van der Waals surface area contributed by atoms with Crippen LogP contribution >= 0.6 is 11.6 Å². The first kappa shape index (κ1) is 16.3. The van der Waals surface area contributed by atoms with Crippen LogP contribution in [0.15, 0.2) is 53.2 Å². The first-order chi connectivity index (χ1) is 10.6. The van der Waals surface area contributed by atoms with Crippen LogP contribution < -0.4 is 5.32 Å². The maximum atomic E-state index is 11.9. The summed E-state index contributed by atoms with van der Waals surface area (Å²) in [7, 11) is 3.89. The highest BCUT2D eigenvalue weighted by molar-refractivity contribution is 6.30. The third kappa shape index (κ3) is 4.76. The van der Waals surface area contributed by atoms with Gasteiger partial charge in [-0.2, -0.15) is 0 Å². The normalized spacial score (nSPS) is 12.7. The van der Waals surface area contributed by atoms with Gasteiger partial charge in [0.15, 0.2) is 0 Å². The van der Waals surface area contributed by atoms with Gasteiger partial charge >= 0.3 is 0 Å². The number of hydrogen-bond donors (Lipinski definition) is 1. The van der Waals surface area contributed by atoms with E-state index in [2.05, 4.69) is 5.32 Å². The van der Waals surface area contributed by atoms with E-state index < -0.39 is 0 Å². The average Bonchev–Trinajstić information content (AvgIpc) is 3.00. The van der Waals surface area contributed by atoms with Gasteiger partial charge in [0, 0.05) is 17.6 Å². The molecule has 5 heteroatoms. The Balaban J connectivity index is 1.90. The van der Waals surface area contributed by atoms with Gasteiger partial charge in [-0.3, -0.25) is 9.69 Å². The fourth-order valence-corrected chi connectivity index (χ4v) is 2.15. The van der Waals surface area contributed by atoms with Crippen molar-refractivity contribution < 1.29 is 9.21 Å². The molecule has 0 aliphatic rings. The Kier molecular flexibility index (Phi) is 5.81. The summed E-state index contributed by atoms with van der Waals surface area (Å²) in [5, 5.41) is 3.56. The standard InChI is InChI=1S/C17H19ClN2O2/c1-20(2)15(16-4-3-11-22-16)12-19-17(21)10-7-13-5-8-14(18)9-6-13/h3-11,15H,12H2,1-2H3,(H,19,21)/b10-7+. The largest absolute Gasteiger partial charge is 0.468 e. The molecule has 1 unspecified atom stereocenters. The molecule has 0 aliphatic carbocycles. The molecule has 0 spiro atoms. The van der Waals surface area contributed by atoms with Crippen molar-refractivity contribution in [3.8, 4) is 0 Å². The number of likely N-dealkylation sites (N-methyl/N-ethyl adjacent to an activating group) is 1. The van der Waals surface area contributed by atoms with Crippen molar-refractivity contribution in [3.05, 3.63) is 65.1 Å². The van der Waals surface area contributed by atoms with Gasteiger partial charge in [0.05, 0.1) is 12.3 Å². The molecule has 2 rings (SSSR count). The highest BCUT2D eigenvalue weighted by Crippen LogP contribution is 2.17. The summed E-state index contributed by atoms with van der Waals surface area (Å²) in [6.07, 6.45) is 4.90. The maximum absolute atomic E-state index is 11.9. The smallest absolute Gasteiger partial charge is 0.244 e. The van der Waals surface area contributed by atoms with Crippen molar-refractivity contribution in [2.24, 2.45) is 0 Å². The fraction of sp³-hybridized carbons (Fsp3) is 0.235. The lowest BCUT2D eigenvalue weighted by molar-refractivity contribution is -0.116. The zero-order valence-electron chi connectivity index (χ0n) is 12.6. The van der Waals surface area contributed by atoms with E-state index >= 15 is 0 Å². The van der Waals surface area contributed by atoms with E-state index in [9.17, 15) is 4.79 Å². The predicted octanol–water partition coefficient (Wildman–Crippen LogP) is 3.37. The molecule has 1 aromatic carbocycles. The van der Waals surface area contributed by atoms with E-state index in [1.807, 2.05) is 43.3 Å². The van der Waals surface area contributed by atoms with Gasteiger partial charge in [0.2, 0.25) is 5.91 Å². The van der Waals surface area contributed by atoms with Crippen LogP contribution in [0.2, 0.25) is 5.02 Å². The molecule has 0 saturated carbocycles. The first-order valence-corrected chi connectivity index (χ1v) is 7.35. The lowest BCUT2D eigenvalue weighted by Gasteiger charge is -2.22. The van der Waals surface area contributed by atoms with Gasteiger partial charge in [0.1, 0.15) is 5.76 Å². The van der Waals surface area contributed by atoms with Crippen molar-refractivity contribution in [2.75, 3.05) is 20.6 Å². The molecular formula is C17H19ClN2O2. The van der Waals surface area contributed by atoms with E-state index in [1.54, 1.807) is 24.5 Å². The lowest BCUT2D eigenvalue weighted by atomic mass is 10.2. The number of halogens is 1. The fourth-order valence-electron chi connectivity index (χ4n) is 2.02. The molecule has 0 saturated heterocycles. The van der Waals surface area contributed by atoms with Gasteiger partial charge in [-0.15, -0.1) is 0 Å². The van der Waals surface area contributed by atoms with E-state index in [0.717, 1.165) is 11.3 Å². The van der Waals surface area contributed by atoms with Crippen molar-refractivity contribution in [3.63, 3.8) is 0 Å². The Hall–Kier alpha value is -2.04. The van der Waals surface area contributed by atoms with Crippen LogP contribution in [0.25, 0.3) is 6.08 Å². The Morgan fingerprint density at radius 3 is 2.64 bits per heavy atom. The number of furan rings is 1.